The van der Waals surface area contributed by atoms with Gasteiger partial charge >= 0.3 is 0 Å². The minimum Gasteiger partial charge on any atom is -0.497 e. The van der Waals surface area contributed by atoms with Crippen molar-refractivity contribution >= 4 is 39.1 Å². The number of rotatable bonds is 4. The van der Waals surface area contributed by atoms with E-state index in [2.05, 4.69) is 21.2 Å². The van der Waals surface area contributed by atoms with Crippen LogP contribution in [0.2, 0.25) is 0 Å². The lowest BCUT2D eigenvalue weighted by atomic mass is 10.0. The van der Waals surface area contributed by atoms with E-state index in [1.165, 1.54) is 0 Å². The second-order valence-electron chi connectivity index (χ2n) is 6.82. The monoisotopic (exact) mass is 453 g/mol. The molecule has 1 aliphatic heterocycles. The van der Waals surface area contributed by atoms with Crippen LogP contribution in [0.15, 0.2) is 71.3 Å². The van der Waals surface area contributed by atoms with E-state index >= 15 is 0 Å². The Balaban J connectivity index is 1.75. The van der Waals surface area contributed by atoms with Crippen molar-refractivity contribution in [3.63, 3.8) is 0 Å². The molecule has 1 aliphatic rings. The molecule has 0 saturated carbocycles. The Hall–Kier alpha value is -3.06. The lowest BCUT2D eigenvalue weighted by Gasteiger charge is -2.39. The first-order chi connectivity index (χ1) is 14.0. The highest BCUT2D eigenvalue weighted by Crippen LogP contribution is 2.37. The van der Waals surface area contributed by atoms with E-state index in [0.29, 0.717) is 17.1 Å². The summed E-state index contributed by atoms with van der Waals surface area (Å²) in [6.45, 7) is 1.84. The highest BCUT2D eigenvalue weighted by atomic mass is 79.9. The largest absolute Gasteiger partial charge is 0.497 e. The quantitative estimate of drug-likeness (QED) is 0.630. The molecule has 2 atom stereocenters. The molecule has 2 amide bonds. The number of methoxy groups -OCH3 is 1. The van der Waals surface area contributed by atoms with Gasteiger partial charge in [0, 0.05) is 22.0 Å². The predicted molar refractivity (Wildman–Crippen MR) is 115 cm³/mol. The number of benzene rings is 2. The number of carbonyl (C=O) groups is 2. The zero-order valence-corrected chi connectivity index (χ0v) is 17.6. The number of aromatic nitrogens is 1. The van der Waals surface area contributed by atoms with Crippen LogP contribution < -0.4 is 15.0 Å². The molecule has 1 N–H and O–H groups in total. The minimum absolute atomic E-state index is 0.144. The van der Waals surface area contributed by atoms with Gasteiger partial charge in [0.1, 0.15) is 11.8 Å². The van der Waals surface area contributed by atoms with Crippen molar-refractivity contribution in [3.05, 3.63) is 77.0 Å². The number of nitrogens with zero attached hydrogens (tertiary/aromatic N) is 2. The zero-order valence-electron chi connectivity index (χ0n) is 16.0. The maximum atomic E-state index is 13.3. The summed E-state index contributed by atoms with van der Waals surface area (Å²) >= 11 is 3.39. The van der Waals surface area contributed by atoms with E-state index < -0.39 is 12.1 Å². The van der Waals surface area contributed by atoms with Crippen molar-refractivity contribution in [3.8, 4) is 5.75 Å². The zero-order chi connectivity index (χ0) is 20.5. The molecule has 0 saturated heterocycles. The van der Waals surface area contributed by atoms with Gasteiger partial charge in [-0.25, -0.2) is 0 Å². The molecule has 4 rings (SSSR count). The van der Waals surface area contributed by atoms with Crippen LogP contribution in [0.5, 0.6) is 5.75 Å². The predicted octanol–water partition coefficient (Wildman–Crippen LogP) is 4.55. The molecular weight excluding hydrogens is 434 g/mol. The van der Waals surface area contributed by atoms with Gasteiger partial charge in [-0.3, -0.25) is 14.5 Å². The first-order valence-corrected chi connectivity index (χ1v) is 9.99. The number of ether oxygens (including phenoxy) is 1. The molecule has 2 aromatic carbocycles. The van der Waals surface area contributed by atoms with E-state index in [4.69, 9.17) is 4.74 Å². The number of fused-ring (bicyclic) bond motifs is 1. The van der Waals surface area contributed by atoms with Gasteiger partial charge in [0.2, 0.25) is 0 Å². The third-order valence-electron chi connectivity index (χ3n) is 5.07. The summed E-state index contributed by atoms with van der Waals surface area (Å²) in [5.74, 6) is 0.267. The van der Waals surface area contributed by atoms with Gasteiger partial charge in [-0.15, -0.1) is 0 Å². The third kappa shape index (κ3) is 3.53. The average Bonchev–Trinajstić information content (AvgIpc) is 3.22. The number of carbonyl (C=O) groups excluding carboxylic acids is 2. The van der Waals surface area contributed by atoms with Crippen molar-refractivity contribution in [2.45, 2.75) is 19.0 Å². The Morgan fingerprint density at radius 3 is 2.41 bits per heavy atom. The van der Waals surface area contributed by atoms with Gasteiger partial charge in [0.15, 0.2) is 6.04 Å². The molecule has 3 aromatic rings. The van der Waals surface area contributed by atoms with Crippen molar-refractivity contribution in [2.75, 3.05) is 17.3 Å². The molecule has 0 bridgehead atoms. The lowest BCUT2D eigenvalue weighted by molar-refractivity contribution is -0.127. The van der Waals surface area contributed by atoms with E-state index in [1.807, 2.05) is 54.1 Å². The van der Waals surface area contributed by atoms with E-state index in [-0.39, 0.29) is 11.8 Å². The smallest absolute Gasteiger partial charge is 0.253 e. The fourth-order valence-electron chi connectivity index (χ4n) is 3.59. The molecule has 0 aliphatic carbocycles. The van der Waals surface area contributed by atoms with Crippen LogP contribution in [0.3, 0.4) is 0 Å². The molecule has 29 heavy (non-hydrogen) atoms. The summed E-state index contributed by atoms with van der Waals surface area (Å²) < 4.78 is 8.00. The summed E-state index contributed by atoms with van der Waals surface area (Å²) in [6.07, 6.45) is 1.84. The SMILES string of the molecule is COc1ccc(N2C(=O)[C@H](C)n3cccc3[C@H]2C(=O)Nc2ccc(Br)cc2)cc1. The standard InChI is InChI=1S/C22H20BrN3O3/c1-14-22(28)26(17-9-11-18(29-2)12-10-17)20(19-4-3-13-25(14)19)21(27)24-16-7-5-15(23)6-8-16/h3-14,20H,1-2H3,(H,24,27)/t14-,20-/m0/s1. The molecule has 0 unspecified atom stereocenters. The van der Waals surface area contributed by atoms with Crippen molar-refractivity contribution < 1.29 is 14.3 Å². The average molecular weight is 454 g/mol. The summed E-state index contributed by atoms with van der Waals surface area (Å²) in [6, 6.07) is 17.0. The molecular formula is C22H20BrN3O3. The third-order valence-corrected chi connectivity index (χ3v) is 5.60. The van der Waals surface area contributed by atoms with E-state index in [9.17, 15) is 9.59 Å². The van der Waals surface area contributed by atoms with Gasteiger partial charge in [-0.05, 0) is 67.6 Å². The molecule has 2 heterocycles. The second-order valence-corrected chi connectivity index (χ2v) is 7.74. The van der Waals surface area contributed by atoms with Crippen molar-refractivity contribution in [2.24, 2.45) is 0 Å². The molecule has 6 nitrogen and oxygen atoms in total. The molecule has 0 spiro atoms. The summed E-state index contributed by atoms with van der Waals surface area (Å²) in [5, 5.41) is 2.94. The van der Waals surface area contributed by atoms with Crippen LogP contribution in [0.1, 0.15) is 24.7 Å². The van der Waals surface area contributed by atoms with Gasteiger partial charge < -0.3 is 14.6 Å². The highest BCUT2D eigenvalue weighted by molar-refractivity contribution is 9.10. The maximum absolute atomic E-state index is 13.3. The molecule has 148 valence electrons. The summed E-state index contributed by atoms with van der Waals surface area (Å²) in [7, 11) is 1.59. The van der Waals surface area contributed by atoms with Crippen LogP contribution in [-0.4, -0.2) is 23.5 Å². The topological polar surface area (TPSA) is 63.6 Å². The fraction of sp³-hybridized carbons (Fsp3) is 0.182. The van der Waals surface area contributed by atoms with Crippen molar-refractivity contribution in [1.82, 2.24) is 4.57 Å². The number of halogens is 1. The molecule has 0 fully saturated rings. The summed E-state index contributed by atoms with van der Waals surface area (Å²) in [5.41, 5.74) is 2.07. The number of hydrogen-bond donors (Lipinski definition) is 1. The maximum Gasteiger partial charge on any atom is 0.253 e. The van der Waals surface area contributed by atoms with Crippen LogP contribution >= 0.6 is 15.9 Å². The minimum atomic E-state index is -0.786. The molecule has 0 radical (unpaired) electrons. The Labute approximate surface area is 177 Å². The van der Waals surface area contributed by atoms with E-state index in [1.54, 1.807) is 36.3 Å². The molecule has 1 aromatic heterocycles. The Morgan fingerprint density at radius 2 is 1.76 bits per heavy atom. The van der Waals surface area contributed by atoms with Gasteiger partial charge in [-0.1, -0.05) is 15.9 Å². The second kappa shape index (κ2) is 7.75. The van der Waals surface area contributed by atoms with Crippen LogP contribution in [-0.2, 0) is 9.59 Å². The lowest BCUT2D eigenvalue weighted by Crippen LogP contribution is -2.49. The van der Waals surface area contributed by atoms with Gasteiger partial charge in [-0.2, -0.15) is 0 Å². The number of nitrogens with one attached hydrogen (secondary N) is 1. The van der Waals surface area contributed by atoms with Gasteiger partial charge in [0.25, 0.3) is 11.8 Å². The Morgan fingerprint density at radius 1 is 1.07 bits per heavy atom. The Kier molecular flexibility index (Phi) is 5.15. The first-order valence-electron chi connectivity index (χ1n) is 9.20. The van der Waals surface area contributed by atoms with Crippen LogP contribution in [0.4, 0.5) is 11.4 Å². The number of anilines is 2. The van der Waals surface area contributed by atoms with Crippen LogP contribution in [0, 0.1) is 0 Å². The normalized spacial score (nSPS) is 18.3. The summed E-state index contributed by atoms with van der Waals surface area (Å²) in [4.78, 5) is 28.1. The fourth-order valence-corrected chi connectivity index (χ4v) is 3.85. The number of hydrogen-bond acceptors (Lipinski definition) is 3. The number of amides is 2. The van der Waals surface area contributed by atoms with Crippen LogP contribution in [0.25, 0.3) is 0 Å². The molecule has 7 heteroatoms. The van der Waals surface area contributed by atoms with Gasteiger partial charge in [0.05, 0.1) is 12.8 Å². The Bertz CT molecular complexity index is 1040. The van der Waals surface area contributed by atoms with Crippen molar-refractivity contribution in [1.29, 1.82) is 0 Å². The first kappa shape index (κ1) is 19.3. The highest BCUT2D eigenvalue weighted by Gasteiger charge is 2.41. The van der Waals surface area contributed by atoms with E-state index in [0.717, 1.165) is 10.2 Å².